The zero-order valence-corrected chi connectivity index (χ0v) is 17.3. The highest BCUT2D eigenvalue weighted by Gasteiger charge is 2.68. The van der Waals surface area contributed by atoms with E-state index in [-0.39, 0.29) is 11.8 Å². The zero-order chi connectivity index (χ0) is 21.6. The highest BCUT2D eigenvalue weighted by molar-refractivity contribution is 6.25. The molecule has 2 aliphatic heterocycles. The minimum atomic E-state index is -1.09. The van der Waals surface area contributed by atoms with Crippen LogP contribution in [0.5, 0.6) is 5.75 Å². The van der Waals surface area contributed by atoms with Gasteiger partial charge in [0.25, 0.3) is 5.91 Å². The molecule has 0 spiro atoms. The lowest BCUT2D eigenvalue weighted by molar-refractivity contribution is -0.128. The van der Waals surface area contributed by atoms with Gasteiger partial charge in [0.2, 0.25) is 5.91 Å². The summed E-state index contributed by atoms with van der Waals surface area (Å²) in [4.78, 5) is 34.7. The summed E-state index contributed by atoms with van der Waals surface area (Å²) in [7, 11) is 1.57. The number of carbonyl (C=O) groups is 2. The third-order valence-electron chi connectivity index (χ3n) is 6.13. The lowest BCUT2D eigenvalue weighted by Gasteiger charge is -2.32. The summed E-state index contributed by atoms with van der Waals surface area (Å²) < 4.78 is 5.20. The molecule has 0 aliphatic carbocycles. The van der Waals surface area contributed by atoms with Crippen molar-refractivity contribution in [1.82, 2.24) is 0 Å². The second kappa shape index (κ2) is 7.25. The quantitative estimate of drug-likeness (QED) is 0.601. The Hall–Kier alpha value is -3.64. The molecule has 3 atom stereocenters. The first-order chi connectivity index (χ1) is 15.1. The molecule has 0 radical (unpaired) electrons. The second-order valence-electron chi connectivity index (χ2n) is 7.92. The van der Waals surface area contributed by atoms with E-state index in [1.165, 1.54) is 4.90 Å². The van der Waals surface area contributed by atoms with Gasteiger partial charge in [0.05, 0.1) is 24.5 Å². The van der Waals surface area contributed by atoms with Crippen LogP contribution in [0.1, 0.15) is 18.5 Å². The van der Waals surface area contributed by atoms with E-state index in [2.05, 4.69) is 0 Å². The molecule has 156 valence electrons. The minimum absolute atomic E-state index is 0.278. The van der Waals surface area contributed by atoms with Crippen LogP contribution in [0.3, 0.4) is 0 Å². The summed E-state index contributed by atoms with van der Waals surface area (Å²) in [5, 5.41) is 1.71. The Morgan fingerprint density at radius 3 is 2.06 bits per heavy atom. The zero-order valence-electron chi connectivity index (χ0n) is 17.3. The summed E-state index contributed by atoms with van der Waals surface area (Å²) >= 11 is 0. The van der Waals surface area contributed by atoms with Crippen LogP contribution < -0.4 is 14.7 Å². The molecule has 6 nitrogen and oxygen atoms in total. The molecule has 6 heteroatoms. The SMILES string of the molecule is COc1ccc(N2C(=O)C3ON(c4ccccc4)C(c4ccccc4)C3(C)C2=O)cc1. The first-order valence-electron chi connectivity index (χ1n) is 10.1. The third-order valence-corrected chi connectivity index (χ3v) is 6.13. The summed E-state index contributed by atoms with van der Waals surface area (Å²) in [6, 6.07) is 25.7. The molecule has 0 N–H and O–H groups in total. The van der Waals surface area contributed by atoms with Crippen molar-refractivity contribution in [3.63, 3.8) is 0 Å². The number of hydroxylamine groups is 1. The van der Waals surface area contributed by atoms with Crippen LogP contribution in [0.4, 0.5) is 11.4 Å². The van der Waals surface area contributed by atoms with E-state index in [0.717, 1.165) is 11.3 Å². The highest BCUT2D eigenvalue weighted by atomic mass is 16.7. The first-order valence-corrected chi connectivity index (χ1v) is 10.1. The highest BCUT2D eigenvalue weighted by Crippen LogP contribution is 2.55. The van der Waals surface area contributed by atoms with E-state index >= 15 is 0 Å². The lowest BCUT2D eigenvalue weighted by atomic mass is 9.76. The Kier molecular flexibility index (Phi) is 4.52. The van der Waals surface area contributed by atoms with E-state index in [9.17, 15) is 9.59 Å². The van der Waals surface area contributed by atoms with Crippen molar-refractivity contribution >= 4 is 23.2 Å². The number of anilines is 2. The summed E-state index contributed by atoms with van der Waals surface area (Å²) in [5.41, 5.74) is 1.12. The normalized spacial score (nSPS) is 25.1. The largest absolute Gasteiger partial charge is 0.497 e. The summed E-state index contributed by atoms with van der Waals surface area (Å²) in [6.07, 6.45) is -0.924. The van der Waals surface area contributed by atoms with Gasteiger partial charge in [0.15, 0.2) is 6.10 Å². The van der Waals surface area contributed by atoms with Gasteiger partial charge in [-0.25, -0.2) is 9.96 Å². The molecule has 0 aromatic heterocycles. The van der Waals surface area contributed by atoms with E-state index in [1.54, 1.807) is 36.4 Å². The Balaban J connectivity index is 1.61. The molecule has 5 rings (SSSR count). The van der Waals surface area contributed by atoms with Gasteiger partial charge in [-0.05, 0) is 48.9 Å². The molecule has 3 aromatic carbocycles. The van der Waals surface area contributed by atoms with Crippen molar-refractivity contribution in [1.29, 1.82) is 0 Å². The second-order valence-corrected chi connectivity index (χ2v) is 7.92. The number of para-hydroxylation sites is 1. The van der Waals surface area contributed by atoms with Gasteiger partial charge in [-0.15, -0.1) is 0 Å². The fraction of sp³-hybridized carbons (Fsp3) is 0.200. The summed E-state index contributed by atoms with van der Waals surface area (Å²) in [6.45, 7) is 1.82. The molecule has 2 saturated heterocycles. The molecular formula is C25H22N2O4. The molecule has 3 unspecified atom stereocenters. The number of ether oxygens (including phenoxy) is 1. The van der Waals surface area contributed by atoms with E-state index in [0.29, 0.717) is 11.4 Å². The number of amides is 2. The van der Waals surface area contributed by atoms with Crippen molar-refractivity contribution in [3.8, 4) is 5.75 Å². The maximum atomic E-state index is 13.8. The number of carbonyl (C=O) groups excluding carboxylic acids is 2. The van der Waals surface area contributed by atoms with Gasteiger partial charge in [-0.1, -0.05) is 48.5 Å². The number of hydrogen-bond donors (Lipinski definition) is 0. The first kappa shape index (κ1) is 19.3. The molecular weight excluding hydrogens is 392 g/mol. The number of hydrogen-bond acceptors (Lipinski definition) is 5. The number of rotatable bonds is 4. The predicted octanol–water partition coefficient (Wildman–Crippen LogP) is 4.14. The van der Waals surface area contributed by atoms with Gasteiger partial charge in [0, 0.05) is 0 Å². The van der Waals surface area contributed by atoms with Crippen LogP contribution in [0.25, 0.3) is 0 Å². The molecule has 2 amide bonds. The Bertz CT molecular complexity index is 1120. The van der Waals surface area contributed by atoms with Crippen molar-refractivity contribution in [3.05, 3.63) is 90.5 Å². The van der Waals surface area contributed by atoms with Crippen molar-refractivity contribution in [2.75, 3.05) is 17.1 Å². The number of imide groups is 1. The minimum Gasteiger partial charge on any atom is -0.497 e. The molecule has 2 heterocycles. The standard InChI is InChI=1S/C25H22N2O4/c1-25-21(17-9-5-3-6-10-17)27(19-11-7-4-8-12-19)31-22(25)23(28)26(24(25)29)18-13-15-20(30-2)16-14-18/h3-16,21-22H,1-2H3. The van der Waals surface area contributed by atoms with Gasteiger partial charge in [-0.2, -0.15) is 0 Å². The Morgan fingerprint density at radius 2 is 1.45 bits per heavy atom. The number of nitrogens with zero attached hydrogens (tertiary/aromatic N) is 2. The molecule has 0 bridgehead atoms. The average Bonchev–Trinajstić information content (AvgIpc) is 3.23. The lowest BCUT2D eigenvalue weighted by Crippen LogP contribution is -2.41. The fourth-order valence-corrected chi connectivity index (χ4v) is 4.54. The molecule has 2 fully saturated rings. The third kappa shape index (κ3) is 2.83. The smallest absolute Gasteiger partial charge is 0.266 e. The van der Waals surface area contributed by atoms with E-state index in [4.69, 9.17) is 9.57 Å². The topological polar surface area (TPSA) is 59.1 Å². The Labute approximate surface area is 180 Å². The number of benzene rings is 3. The van der Waals surface area contributed by atoms with Crippen LogP contribution >= 0.6 is 0 Å². The van der Waals surface area contributed by atoms with Crippen molar-refractivity contribution in [2.45, 2.75) is 19.1 Å². The van der Waals surface area contributed by atoms with Gasteiger partial charge < -0.3 is 4.74 Å². The average molecular weight is 414 g/mol. The fourth-order valence-electron chi connectivity index (χ4n) is 4.54. The van der Waals surface area contributed by atoms with Gasteiger partial charge in [-0.3, -0.25) is 14.4 Å². The monoisotopic (exact) mass is 414 g/mol. The van der Waals surface area contributed by atoms with Crippen LogP contribution in [-0.4, -0.2) is 25.0 Å². The molecule has 31 heavy (non-hydrogen) atoms. The number of fused-ring (bicyclic) bond motifs is 1. The van der Waals surface area contributed by atoms with Crippen molar-refractivity contribution in [2.24, 2.45) is 5.41 Å². The van der Waals surface area contributed by atoms with Gasteiger partial charge >= 0.3 is 0 Å². The maximum Gasteiger partial charge on any atom is 0.266 e. The molecule has 3 aromatic rings. The molecule has 0 saturated carbocycles. The van der Waals surface area contributed by atoms with Crippen LogP contribution in [0.15, 0.2) is 84.9 Å². The summed E-state index contributed by atoms with van der Waals surface area (Å²) in [5.74, 6) is 0.0138. The van der Waals surface area contributed by atoms with Crippen LogP contribution in [0, 0.1) is 5.41 Å². The maximum absolute atomic E-state index is 13.8. The van der Waals surface area contributed by atoms with Crippen LogP contribution in [0.2, 0.25) is 0 Å². The van der Waals surface area contributed by atoms with Crippen molar-refractivity contribution < 1.29 is 19.2 Å². The Morgan fingerprint density at radius 1 is 0.839 bits per heavy atom. The van der Waals surface area contributed by atoms with Crippen LogP contribution in [-0.2, 0) is 14.4 Å². The van der Waals surface area contributed by atoms with E-state index < -0.39 is 17.6 Å². The van der Waals surface area contributed by atoms with Gasteiger partial charge in [0.1, 0.15) is 11.2 Å². The number of methoxy groups -OCH3 is 1. The predicted molar refractivity (Wildman–Crippen MR) is 117 cm³/mol. The van der Waals surface area contributed by atoms with E-state index in [1.807, 2.05) is 67.6 Å². The molecule has 2 aliphatic rings.